The van der Waals surface area contributed by atoms with Crippen LogP contribution in [0.5, 0.6) is 0 Å². The summed E-state index contributed by atoms with van der Waals surface area (Å²) in [6.07, 6.45) is 3.79. The van der Waals surface area contributed by atoms with E-state index in [-0.39, 0.29) is 12.5 Å². The van der Waals surface area contributed by atoms with Gasteiger partial charge in [-0.1, -0.05) is 11.8 Å². The van der Waals surface area contributed by atoms with E-state index in [0.29, 0.717) is 12.0 Å². The maximum atomic E-state index is 12.1. The van der Waals surface area contributed by atoms with Crippen LogP contribution in [0.1, 0.15) is 27.9 Å². The molecule has 106 valence electrons. The predicted molar refractivity (Wildman–Crippen MR) is 82.0 cm³/mol. The van der Waals surface area contributed by atoms with Crippen LogP contribution in [0.15, 0.2) is 42.7 Å². The lowest BCUT2D eigenvalue weighted by molar-refractivity contribution is 0.102. The lowest BCUT2D eigenvalue weighted by Crippen LogP contribution is -2.12. The van der Waals surface area contributed by atoms with Gasteiger partial charge >= 0.3 is 0 Å². The first-order chi connectivity index (χ1) is 10.2. The van der Waals surface area contributed by atoms with Gasteiger partial charge in [0.15, 0.2) is 0 Å². The van der Waals surface area contributed by atoms with Crippen LogP contribution in [0.2, 0.25) is 0 Å². The number of aliphatic hydroxyl groups excluding tert-OH is 1. The zero-order valence-electron chi connectivity index (χ0n) is 11.8. The Hall–Kier alpha value is -2.64. The molecule has 1 heterocycles. The first kappa shape index (κ1) is 14.8. The molecule has 0 bridgehead atoms. The Labute approximate surface area is 123 Å². The highest BCUT2D eigenvalue weighted by atomic mass is 16.2. The van der Waals surface area contributed by atoms with E-state index >= 15 is 0 Å². The van der Waals surface area contributed by atoms with Crippen molar-refractivity contribution in [3.05, 3.63) is 59.4 Å². The molecule has 1 aromatic carbocycles. The third kappa shape index (κ3) is 4.16. The third-order valence-corrected chi connectivity index (χ3v) is 2.89. The number of carbonyl (C=O) groups is 1. The third-order valence-electron chi connectivity index (χ3n) is 2.89. The first-order valence-corrected chi connectivity index (χ1v) is 6.62. The molecule has 2 aromatic rings. The highest BCUT2D eigenvalue weighted by Gasteiger charge is 2.07. The van der Waals surface area contributed by atoms with Crippen molar-refractivity contribution in [2.75, 3.05) is 11.9 Å². The number of hydrogen-bond acceptors (Lipinski definition) is 3. The van der Waals surface area contributed by atoms with Crippen LogP contribution in [-0.2, 0) is 0 Å². The van der Waals surface area contributed by atoms with Gasteiger partial charge in [-0.2, -0.15) is 0 Å². The zero-order valence-corrected chi connectivity index (χ0v) is 11.8. The van der Waals surface area contributed by atoms with Gasteiger partial charge in [-0.15, -0.1) is 0 Å². The van der Waals surface area contributed by atoms with Crippen molar-refractivity contribution in [2.45, 2.75) is 13.3 Å². The Kier molecular flexibility index (Phi) is 5.08. The lowest BCUT2D eigenvalue weighted by Gasteiger charge is -2.07. The summed E-state index contributed by atoms with van der Waals surface area (Å²) in [5.41, 5.74) is 3.05. The summed E-state index contributed by atoms with van der Waals surface area (Å²) in [5.74, 6) is 5.59. The Morgan fingerprint density at radius 3 is 2.71 bits per heavy atom. The van der Waals surface area contributed by atoms with Crippen molar-refractivity contribution < 1.29 is 9.90 Å². The summed E-state index contributed by atoms with van der Waals surface area (Å²) in [6.45, 7) is 1.95. The lowest BCUT2D eigenvalue weighted by atomic mass is 10.1. The summed E-state index contributed by atoms with van der Waals surface area (Å²) in [4.78, 5) is 16.1. The number of nitrogens with zero attached hydrogens (tertiary/aromatic N) is 1. The highest BCUT2D eigenvalue weighted by Crippen LogP contribution is 2.13. The number of rotatable bonds is 3. The van der Waals surface area contributed by atoms with Crippen molar-refractivity contribution >= 4 is 11.6 Å². The van der Waals surface area contributed by atoms with Gasteiger partial charge in [-0.05, 0) is 42.8 Å². The Morgan fingerprint density at radius 1 is 1.29 bits per heavy atom. The van der Waals surface area contributed by atoms with Crippen molar-refractivity contribution in [1.29, 1.82) is 0 Å². The average Bonchev–Trinajstić information content (AvgIpc) is 2.50. The molecule has 1 aromatic heterocycles. The first-order valence-electron chi connectivity index (χ1n) is 6.62. The molecule has 0 radical (unpaired) electrons. The Balaban J connectivity index is 2.07. The summed E-state index contributed by atoms with van der Waals surface area (Å²) < 4.78 is 0. The predicted octanol–water partition coefficient (Wildman–Crippen LogP) is 2.38. The summed E-state index contributed by atoms with van der Waals surface area (Å²) in [5, 5.41) is 11.5. The largest absolute Gasteiger partial charge is 0.395 e. The van der Waals surface area contributed by atoms with Crippen molar-refractivity contribution in [1.82, 2.24) is 4.98 Å². The van der Waals surface area contributed by atoms with Gasteiger partial charge < -0.3 is 10.4 Å². The number of pyridine rings is 1. The van der Waals surface area contributed by atoms with Gasteiger partial charge in [0.2, 0.25) is 0 Å². The molecular formula is C17H16N2O2. The SMILES string of the molecule is Cc1cnccc1NC(=O)c1ccc(C#CCCO)cc1. The molecule has 1 amide bonds. The highest BCUT2D eigenvalue weighted by molar-refractivity contribution is 6.04. The van der Waals surface area contributed by atoms with Gasteiger partial charge in [-0.3, -0.25) is 9.78 Å². The number of amides is 1. The van der Waals surface area contributed by atoms with E-state index in [1.807, 2.05) is 6.92 Å². The van der Waals surface area contributed by atoms with E-state index < -0.39 is 0 Å². The topological polar surface area (TPSA) is 62.2 Å². The number of aromatic nitrogens is 1. The molecule has 0 unspecified atom stereocenters. The maximum Gasteiger partial charge on any atom is 0.255 e. The molecule has 0 fully saturated rings. The second-order valence-corrected chi connectivity index (χ2v) is 4.50. The average molecular weight is 280 g/mol. The van der Waals surface area contributed by atoms with Crippen LogP contribution < -0.4 is 5.32 Å². The quantitative estimate of drug-likeness (QED) is 0.849. The molecule has 2 N–H and O–H groups in total. The molecule has 21 heavy (non-hydrogen) atoms. The van der Waals surface area contributed by atoms with Crippen LogP contribution in [0.25, 0.3) is 0 Å². The van der Waals surface area contributed by atoms with Gasteiger partial charge in [0.1, 0.15) is 0 Å². The van der Waals surface area contributed by atoms with E-state index in [0.717, 1.165) is 16.8 Å². The number of aryl methyl sites for hydroxylation is 1. The van der Waals surface area contributed by atoms with Gasteiger partial charge in [0.25, 0.3) is 5.91 Å². The minimum absolute atomic E-state index is 0.0543. The fraction of sp³-hybridized carbons (Fsp3) is 0.176. The molecule has 4 heteroatoms. The van der Waals surface area contributed by atoms with Crippen LogP contribution in [-0.4, -0.2) is 22.6 Å². The normalized spacial score (nSPS) is 9.62. The standard InChI is InChI=1S/C17H16N2O2/c1-13-12-18-10-9-16(13)19-17(21)15-7-5-14(6-8-15)4-2-3-11-20/h5-10,12,20H,3,11H2,1H3,(H,18,19,21). The molecule has 0 saturated carbocycles. The van der Waals surface area contributed by atoms with Gasteiger partial charge in [0, 0.05) is 35.6 Å². The summed E-state index contributed by atoms with van der Waals surface area (Å²) in [6, 6.07) is 8.81. The number of nitrogens with one attached hydrogen (secondary N) is 1. The zero-order chi connectivity index (χ0) is 15.1. The number of benzene rings is 1. The van der Waals surface area contributed by atoms with E-state index in [2.05, 4.69) is 22.1 Å². The molecule has 0 atom stereocenters. The number of aliphatic hydroxyl groups is 1. The van der Waals surface area contributed by atoms with Crippen LogP contribution >= 0.6 is 0 Å². The molecule has 2 rings (SSSR count). The fourth-order valence-electron chi connectivity index (χ4n) is 1.73. The monoisotopic (exact) mass is 280 g/mol. The second-order valence-electron chi connectivity index (χ2n) is 4.50. The van der Waals surface area contributed by atoms with Gasteiger partial charge in [0.05, 0.1) is 6.61 Å². The van der Waals surface area contributed by atoms with Crippen molar-refractivity contribution in [3.8, 4) is 11.8 Å². The van der Waals surface area contributed by atoms with E-state index in [4.69, 9.17) is 5.11 Å². The second kappa shape index (κ2) is 7.22. The van der Waals surface area contributed by atoms with Crippen LogP contribution in [0.3, 0.4) is 0 Å². The van der Waals surface area contributed by atoms with Crippen LogP contribution in [0, 0.1) is 18.8 Å². The minimum atomic E-state index is -0.167. The van der Waals surface area contributed by atoms with Crippen LogP contribution in [0.4, 0.5) is 5.69 Å². The smallest absolute Gasteiger partial charge is 0.255 e. The Morgan fingerprint density at radius 2 is 2.05 bits per heavy atom. The number of hydrogen-bond donors (Lipinski definition) is 2. The summed E-state index contributed by atoms with van der Waals surface area (Å²) >= 11 is 0. The van der Waals surface area contributed by atoms with E-state index in [1.165, 1.54) is 0 Å². The molecule has 0 aliphatic rings. The minimum Gasteiger partial charge on any atom is -0.395 e. The molecule has 0 spiro atoms. The number of anilines is 1. The summed E-state index contributed by atoms with van der Waals surface area (Å²) in [7, 11) is 0. The van der Waals surface area contributed by atoms with Gasteiger partial charge in [-0.25, -0.2) is 0 Å². The van der Waals surface area contributed by atoms with E-state index in [1.54, 1.807) is 42.7 Å². The molecule has 0 aliphatic carbocycles. The molecular weight excluding hydrogens is 264 g/mol. The fourth-order valence-corrected chi connectivity index (χ4v) is 1.73. The maximum absolute atomic E-state index is 12.1. The van der Waals surface area contributed by atoms with Crippen molar-refractivity contribution in [2.24, 2.45) is 0 Å². The Bertz CT molecular complexity index is 682. The van der Waals surface area contributed by atoms with Crippen molar-refractivity contribution in [3.63, 3.8) is 0 Å². The number of carbonyl (C=O) groups excluding carboxylic acids is 1. The molecule has 0 aliphatic heterocycles. The molecule has 4 nitrogen and oxygen atoms in total. The van der Waals surface area contributed by atoms with E-state index in [9.17, 15) is 4.79 Å². The molecule has 0 saturated heterocycles.